The van der Waals surface area contributed by atoms with Crippen LogP contribution in [0.2, 0.25) is 5.02 Å². The van der Waals surface area contributed by atoms with Gasteiger partial charge in [-0.1, -0.05) is 55.2 Å². The van der Waals surface area contributed by atoms with Gasteiger partial charge in [0.15, 0.2) is 0 Å². The van der Waals surface area contributed by atoms with Crippen LogP contribution in [0.5, 0.6) is 5.75 Å². The molecule has 0 radical (unpaired) electrons. The van der Waals surface area contributed by atoms with Gasteiger partial charge in [0, 0.05) is 15.1 Å². The van der Waals surface area contributed by atoms with Crippen molar-refractivity contribution in [1.82, 2.24) is 0 Å². The lowest BCUT2D eigenvalue weighted by atomic mass is 9.65. The van der Waals surface area contributed by atoms with Crippen molar-refractivity contribution in [1.29, 1.82) is 5.26 Å². The topological polar surface area (TPSA) is 33.0 Å². The second-order valence-corrected chi connectivity index (χ2v) is 8.79. The molecule has 0 spiro atoms. The maximum atomic E-state index is 13.0. The van der Waals surface area contributed by atoms with Crippen LogP contribution in [0, 0.1) is 23.2 Å². The van der Waals surface area contributed by atoms with Gasteiger partial charge in [-0.05, 0) is 53.8 Å². The summed E-state index contributed by atoms with van der Waals surface area (Å²) >= 11 is 9.69. The van der Waals surface area contributed by atoms with Crippen molar-refractivity contribution in [2.24, 2.45) is 11.8 Å². The van der Waals surface area contributed by atoms with Crippen LogP contribution >= 0.6 is 27.5 Å². The largest absolute Gasteiger partial charge is 0.489 e. The molecule has 0 bridgehead atoms. The van der Waals surface area contributed by atoms with Crippen molar-refractivity contribution in [3.05, 3.63) is 62.6 Å². The van der Waals surface area contributed by atoms with Crippen LogP contribution in [-0.4, -0.2) is 0 Å². The number of hydrogen-bond acceptors (Lipinski definition) is 2. The van der Waals surface area contributed by atoms with E-state index in [1.807, 2.05) is 27.7 Å². The molecule has 0 aliphatic heterocycles. The van der Waals surface area contributed by atoms with Gasteiger partial charge in [-0.3, -0.25) is 0 Å². The van der Waals surface area contributed by atoms with E-state index in [4.69, 9.17) is 16.3 Å². The van der Waals surface area contributed by atoms with Gasteiger partial charge < -0.3 is 4.74 Å². The van der Waals surface area contributed by atoms with Gasteiger partial charge in [-0.15, -0.1) is 0 Å². The third kappa shape index (κ3) is 4.90. The van der Waals surface area contributed by atoms with E-state index in [1.54, 1.807) is 18.2 Å². The summed E-state index contributed by atoms with van der Waals surface area (Å²) in [6.07, 6.45) is -4.43. The van der Waals surface area contributed by atoms with Gasteiger partial charge in [-0.25, -0.2) is 0 Å². The molecule has 0 unspecified atom stereocenters. The lowest BCUT2D eigenvalue weighted by Crippen LogP contribution is -2.36. The van der Waals surface area contributed by atoms with Gasteiger partial charge >= 0.3 is 6.18 Å². The second kappa shape index (κ2) is 8.97. The predicted octanol–water partition coefficient (Wildman–Crippen LogP) is 7.77. The molecule has 0 amide bonds. The second-order valence-electron chi connectivity index (χ2n) is 7.52. The summed E-state index contributed by atoms with van der Waals surface area (Å²) in [6, 6.07) is 10.9. The summed E-state index contributed by atoms with van der Waals surface area (Å²) < 4.78 is 45.2. The van der Waals surface area contributed by atoms with E-state index >= 15 is 0 Å². The Kier molecular flexibility index (Phi) is 7.29. The summed E-state index contributed by atoms with van der Waals surface area (Å²) in [4.78, 5) is 0. The zero-order valence-electron chi connectivity index (χ0n) is 16.6. The van der Waals surface area contributed by atoms with Gasteiger partial charge in [0.25, 0.3) is 0 Å². The average Bonchev–Trinajstić information content (AvgIpc) is 2.62. The zero-order chi connectivity index (χ0) is 22.0. The van der Waals surface area contributed by atoms with Crippen LogP contribution in [0.1, 0.15) is 44.4 Å². The van der Waals surface area contributed by atoms with Crippen molar-refractivity contribution in [3.8, 4) is 11.8 Å². The van der Waals surface area contributed by atoms with E-state index < -0.39 is 17.2 Å². The Bertz CT molecular complexity index is 911. The molecule has 0 heterocycles. The fourth-order valence-corrected chi connectivity index (χ4v) is 4.18. The molecule has 2 aromatic carbocycles. The van der Waals surface area contributed by atoms with Crippen molar-refractivity contribution >= 4 is 27.5 Å². The monoisotopic (exact) mass is 487 g/mol. The summed E-state index contributed by atoms with van der Waals surface area (Å²) in [5.74, 6) is 0.436. The molecule has 0 saturated heterocycles. The summed E-state index contributed by atoms with van der Waals surface area (Å²) in [5.41, 5.74) is -0.519. The van der Waals surface area contributed by atoms with E-state index in [0.717, 1.165) is 12.1 Å². The molecule has 0 aliphatic carbocycles. The Hall–Kier alpha value is -1.71. The number of alkyl halides is 3. The summed E-state index contributed by atoms with van der Waals surface area (Å²) in [5, 5.41) is 10.4. The quantitative estimate of drug-likeness (QED) is 0.416. The molecule has 156 valence electrons. The molecular formula is C22H22BrClF3NO. The van der Waals surface area contributed by atoms with E-state index in [0.29, 0.717) is 26.4 Å². The molecule has 7 heteroatoms. The predicted molar refractivity (Wildman–Crippen MR) is 112 cm³/mol. The molecule has 2 aromatic rings. The van der Waals surface area contributed by atoms with Crippen LogP contribution in [-0.2, 0) is 18.2 Å². The molecule has 0 atom stereocenters. The smallest absolute Gasteiger partial charge is 0.416 e. The average molecular weight is 489 g/mol. The van der Waals surface area contributed by atoms with Crippen molar-refractivity contribution in [2.75, 3.05) is 0 Å². The van der Waals surface area contributed by atoms with Crippen LogP contribution in [0.4, 0.5) is 13.2 Å². The number of benzene rings is 2. The SMILES string of the molecule is CC(C)C(C#N)(c1cc(OCc2cc(C(F)(F)F)ccc2Br)ccc1Cl)C(C)C. The third-order valence-electron chi connectivity index (χ3n) is 5.16. The zero-order valence-corrected chi connectivity index (χ0v) is 18.9. The maximum absolute atomic E-state index is 13.0. The first-order valence-corrected chi connectivity index (χ1v) is 10.3. The Labute approximate surface area is 182 Å². The highest BCUT2D eigenvalue weighted by Gasteiger charge is 2.41. The lowest BCUT2D eigenvalue weighted by molar-refractivity contribution is -0.137. The number of nitrogens with zero attached hydrogens (tertiary/aromatic N) is 1. The molecular weight excluding hydrogens is 467 g/mol. The minimum atomic E-state index is -4.43. The minimum absolute atomic E-state index is 0.00198. The first-order valence-electron chi connectivity index (χ1n) is 9.13. The standard InChI is InChI=1S/C22H22BrClF3NO/c1-13(2)21(12-28,14(3)4)18-10-17(6-8-20(18)24)29-11-15-9-16(22(25,26)27)5-7-19(15)23/h5-10,13-14H,11H2,1-4H3. The Morgan fingerprint density at radius 1 is 1.07 bits per heavy atom. The number of halogens is 5. The molecule has 0 fully saturated rings. The fourth-order valence-electron chi connectivity index (χ4n) is 3.54. The Morgan fingerprint density at radius 2 is 1.69 bits per heavy atom. The molecule has 0 aromatic heterocycles. The summed E-state index contributed by atoms with van der Waals surface area (Å²) in [6.45, 7) is 7.80. The van der Waals surface area contributed by atoms with Crippen molar-refractivity contribution in [3.63, 3.8) is 0 Å². The normalized spacial score (nSPS) is 12.3. The van der Waals surface area contributed by atoms with Gasteiger partial charge in [0.05, 0.1) is 17.0 Å². The van der Waals surface area contributed by atoms with Gasteiger partial charge in [0.1, 0.15) is 12.4 Å². The summed E-state index contributed by atoms with van der Waals surface area (Å²) in [7, 11) is 0. The van der Waals surface area contributed by atoms with Crippen LogP contribution in [0.3, 0.4) is 0 Å². The molecule has 0 saturated carbocycles. The number of nitriles is 1. The Morgan fingerprint density at radius 3 is 2.21 bits per heavy atom. The highest BCUT2D eigenvalue weighted by Crippen LogP contribution is 2.43. The van der Waals surface area contributed by atoms with E-state index in [1.165, 1.54) is 6.07 Å². The minimum Gasteiger partial charge on any atom is -0.489 e. The van der Waals surface area contributed by atoms with Gasteiger partial charge in [-0.2, -0.15) is 18.4 Å². The van der Waals surface area contributed by atoms with E-state index in [-0.39, 0.29) is 18.4 Å². The lowest BCUT2D eigenvalue weighted by Gasteiger charge is -2.36. The molecule has 2 nitrogen and oxygen atoms in total. The third-order valence-corrected chi connectivity index (χ3v) is 6.26. The van der Waals surface area contributed by atoms with Crippen LogP contribution < -0.4 is 4.74 Å². The Balaban J connectivity index is 2.38. The molecule has 2 rings (SSSR count). The van der Waals surface area contributed by atoms with Crippen LogP contribution in [0.25, 0.3) is 0 Å². The first kappa shape index (κ1) is 23.6. The number of ether oxygens (including phenoxy) is 1. The van der Waals surface area contributed by atoms with E-state index in [9.17, 15) is 18.4 Å². The van der Waals surface area contributed by atoms with Gasteiger partial charge in [0.2, 0.25) is 0 Å². The number of hydrogen-bond donors (Lipinski definition) is 0. The molecule has 0 aliphatic rings. The first-order chi connectivity index (χ1) is 13.4. The highest BCUT2D eigenvalue weighted by molar-refractivity contribution is 9.10. The molecule has 29 heavy (non-hydrogen) atoms. The number of rotatable bonds is 6. The highest BCUT2D eigenvalue weighted by atomic mass is 79.9. The molecule has 0 N–H and O–H groups in total. The fraction of sp³-hybridized carbons (Fsp3) is 0.409. The maximum Gasteiger partial charge on any atom is 0.416 e. The van der Waals surface area contributed by atoms with Crippen molar-refractivity contribution in [2.45, 2.75) is 45.9 Å². The van der Waals surface area contributed by atoms with E-state index in [2.05, 4.69) is 22.0 Å². The van der Waals surface area contributed by atoms with Crippen LogP contribution in [0.15, 0.2) is 40.9 Å². The van der Waals surface area contributed by atoms with Crippen molar-refractivity contribution < 1.29 is 17.9 Å².